The molecule has 6 heteroatoms. The van der Waals surface area contributed by atoms with E-state index in [-0.39, 0.29) is 11.1 Å². The molecule has 0 aliphatic carbocycles. The lowest BCUT2D eigenvalue weighted by molar-refractivity contribution is -0.137. The smallest absolute Gasteiger partial charge is 0.417 e. The Morgan fingerprint density at radius 1 is 1.00 bits per heavy atom. The van der Waals surface area contributed by atoms with Gasteiger partial charge in [0.1, 0.15) is 11.5 Å². The third-order valence-electron chi connectivity index (χ3n) is 3.42. The number of carbonyl (C=O) groups excluding carboxylic acids is 1. The van der Waals surface area contributed by atoms with E-state index in [1.54, 1.807) is 18.2 Å². The molecule has 0 aliphatic rings. The highest BCUT2D eigenvalue weighted by atomic mass is 19.4. The van der Waals surface area contributed by atoms with Crippen molar-refractivity contribution in [2.24, 2.45) is 0 Å². The molecule has 0 unspecified atom stereocenters. The van der Waals surface area contributed by atoms with Crippen LogP contribution in [0.15, 0.2) is 36.4 Å². The molecule has 0 spiro atoms. The standard InChI is InChI=1S/C17H15F3O3/c1-10(21)13-6-4-11(8-15(13)17(18,19)20)14-9-12(22-2)5-7-16(14)23-3/h4-9H,1-3H3. The van der Waals surface area contributed by atoms with Gasteiger partial charge in [0.15, 0.2) is 5.78 Å². The molecule has 0 amide bonds. The van der Waals surface area contributed by atoms with Crippen LogP contribution in [-0.2, 0) is 6.18 Å². The lowest BCUT2D eigenvalue weighted by Gasteiger charge is -2.15. The summed E-state index contributed by atoms with van der Waals surface area (Å²) < 4.78 is 50.0. The van der Waals surface area contributed by atoms with Gasteiger partial charge in [0.2, 0.25) is 0 Å². The maximum Gasteiger partial charge on any atom is 0.417 e. The van der Waals surface area contributed by atoms with E-state index in [4.69, 9.17) is 9.47 Å². The van der Waals surface area contributed by atoms with Crippen LogP contribution in [-0.4, -0.2) is 20.0 Å². The van der Waals surface area contributed by atoms with Crippen molar-refractivity contribution in [2.75, 3.05) is 14.2 Å². The van der Waals surface area contributed by atoms with Crippen LogP contribution in [0.2, 0.25) is 0 Å². The van der Waals surface area contributed by atoms with E-state index < -0.39 is 17.5 Å². The van der Waals surface area contributed by atoms with E-state index in [0.29, 0.717) is 17.1 Å². The van der Waals surface area contributed by atoms with E-state index in [1.165, 1.54) is 26.4 Å². The maximum absolute atomic E-state index is 13.2. The first-order valence-corrected chi connectivity index (χ1v) is 6.72. The number of rotatable bonds is 4. The number of carbonyl (C=O) groups is 1. The van der Waals surface area contributed by atoms with Gasteiger partial charge in [-0.2, -0.15) is 13.2 Å². The fraction of sp³-hybridized carbons (Fsp3) is 0.235. The van der Waals surface area contributed by atoms with Crippen LogP contribution < -0.4 is 9.47 Å². The van der Waals surface area contributed by atoms with Crippen LogP contribution in [0.5, 0.6) is 11.5 Å². The maximum atomic E-state index is 13.2. The molecule has 23 heavy (non-hydrogen) atoms. The van der Waals surface area contributed by atoms with Crippen molar-refractivity contribution in [1.29, 1.82) is 0 Å². The van der Waals surface area contributed by atoms with E-state index in [9.17, 15) is 18.0 Å². The highest BCUT2D eigenvalue weighted by Crippen LogP contribution is 2.38. The number of halogens is 3. The van der Waals surface area contributed by atoms with Gasteiger partial charge in [-0.05, 0) is 36.8 Å². The first-order chi connectivity index (χ1) is 10.8. The number of alkyl halides is 3. The number of ether oxygens (including phenoxy) is 2. The molecule has 0 aliphatic heterocycles. The van der Waals surface area contributed by atoms with Gasteiger partial charge < -0.3 is 9.47 Å². The molecule has 0 heterocycles. The third kappa shape index (κ3) is 3.47. The van der Waals surface area contributed by atoms with E-state index in [1.807, 2.05) is 0 Å². The monoisotopic (exact) mass is 324 g/mol. The summed E-state index contributed by atoms with van der Waals surface area (Å²) in [5, 5.41) is 0. The number of benzene rings is 2. The summed E-state index contributed by atoms with van der Waals surface area (Å²) >= 11 is 0. The molecule has 2 rings (SSSR count). The van der Waals surface area contributed by atoms with Gasteiger partial charge in [0, 0.05) is 11.1 Å². The highest BCUT2D eigenvalue weighted by molar-refractivity contribution is 5.96. The van der Waals surface area contributed by atoms with Crippen LogP contribution in [0.4, 0.5) is 13.2 Å². The minimum Gasteiger partial charge on any atom is -0.497 e. The molecular formula is C17H15F3O3. The van der Waals surface area contributed by atoms with Gasteiger partial charge in [-0.1, -0.05) is 12.1 Å². The molecule has 0 bridgehead atoms. The molecule has 0 aromatic heterocycles. The first kappa shape index (κ1) is 16.9. The Balaban J connectivity index is 2.68. The Bertz CT molecular complexity index is 736. The summed E-state index contributed by atoms with van der Waals surface area (Å²) in [6.07, 6.45) is -4.62. The molecule has 3 nitrogen and oxygen atoms in total. The Kier molecular flexibility index (Phi) is 4.63. The van der Waals surface area contributed by atoms with Crippen LogP contribution in [0.1, 0.15) is 22.8 Å². The van der Waals surface area contributed by atoms with Gasteiger partial charge in [-0.15, -0.1) is 0 Å². The lowest BCUT2D eigenvalue weighted by atomic mass is 9.96. The average Bonchev–Trinajstić information content (AvgIpc) is 2.52. The second-order valence-electron chi connectivity index (χ2n) is 4.88. The van der Waals surface area contributed by atoms with Crippen molar-refractivity contribution >= 4 is 5.78 Å². The summed E-state index contributed by atoms with van der Waals surface area (Å²) in [5.74, 6) is 0.265. The van der Waals surface area contributed by atoms with Gasteiger partial charge in [-0.25, -0.2) is 0 Å². The SMILES string of the molecule is COc1ccc(OC)c(-c2ccc(C(C)=O)c(C(F)(F)F)c2)c1. The van der Waals surface area contributed by atoms with Crippen molar-refractivity contribution in [1.82, 2.24) is 0 Å². The summed E-state index contributed by atoms with van der Waals surface area (Å²) in [4.78, 5) is 11.4. The van der Waals surface area contributed by atoms with Crippen molar-refractivity contribution < 1.29 is 27.4 Å². The van der Waals surface area contributed by atoms with Crippen molar-refractivity contribution in [3.05, 3.63) is 47.5 Å². The van der Waals surface area contributed by atoms with E-state index in [2.05, 4.69) is 0 Å². The van der Waals surface area contributed by atoms with Crippen LogP contribution in [0, 0.1) is 0 Å². The Labute approximate surface area is 131 Å². The minimum absolute atomic E-state index is 0.290. The quantitative estimate of drug-likeness (QED) is 0.772. The van der Waals surface area contributed by atoms with Gasteiger partial charge in [0.05, 0.1) is 19.8 Å². The fourth-order valence-electron chi connectivity index (χ4n) is 2.29. The normalized spacial score (nSPS) is 11.2. The lowest BCUT2D eigenvalue weighted by Crippen LogP contribution is -2.11. The Hall–Kier alpha value is -2.50. The van der Waals surface area contributed by atoms with Crippen LogP contribution >= 0.6 is 0 Å². The number of ketones is 1. The summed E-state index contributed by atoms with van der Waals surface area (Å²) in [6, 6.07) is 8.44. The fourth-order valence-corrected chi connectivity index (χ4v) is 2.29. The largest absolute Gasteiger partial charge is 0.497 e. The minimum atomic E-state index is -4.62. The van der Waals surface area contributed by atoms with E-state index in [0.717, 1.165) is 13.0 Å². The molecule has 0 radical (unpaired) electrons. The summed E-state index contributed by atoms with van der Waals surface area (Å²) in [6.45, 7) is 1.11. The molecule has 0 fully saturated rings. The third-order valence-corrected chi connectivity index (χ3v) is 3.42. The molecule has 0 atom stereocenters. The number of hydrogen-bond acceptors (Lipinski definition) is 3. The van der Waals surface area contributed by atoms with Crippen LogP contribution in [0.3, 0.4) is 0 Å². The number of methoxy groups -OCH3 is 2. The molecule has 0 saturated carbocycles. The second kappa shape index (κ2) is 6.32. The van der Waals surface area contributed by atoms with Crippen molar-refractivity contribution in [3.8, 4) is 22.6 Å². The molecule has 2 aromatic carbocycles. The van der Waals surface area contributed by atoms with Crippen molar-refractivity contribution in [3.63, 3.8) is 0 Å². The predicted molar refractivity (Wildman–Crippen MR) is 80.0 cm³/mol. The first-order valence-electron chi connectivity index (χ1n) is 6.72. The Morgan fingerprint density at radius 2 is 1.70 bits per heavy atom. The molecule has 0 N–H and O–H groups in total. The van der Waals surface area contributed by atoms with Gasteiger partial charge in [-0.3, -0.25) is 4.79 Å². The molecule has 122 valence electrons. The zero-order valence-electron chi connectivity index (χ0n) is 12.8. The zero-order chi connectivity index (χ0) is 17.2. The zero-order valence-corrected chi connectivity index (χ0v) is 12.8. The number of Topliss-reactive ketones (excluding diaryl/α,β-unsaturated/α-hetero) is 1. The molecule has 2 aromatic rings. The number of hydrogen-bond donors (Lipinski definition) is 0. The van der Waals surface area contributed by atoms with Gasteiger partial charge >= 0.3 is 6.18 Å². The molecule has 0 saturated heterocycles. The van der Waals surface area contributed by atoms with Crippen LogP contribution in [0.25, 0.3) is 11.1 Å². The van der Waals surface area contributed by atoms with E-state index >= 15 is 0 Å². The molecular weight excluding hydrogens is 309 g/mol. The predicted octanol–water partition coefficient (Wildman–Crippen LogP) is 4.59. The topological polar surface area (TPSA) is 35.5 Å². The van der Waals surface area contributed by atoms with Gasteiger partial charge in [0.25, 0.3) is 0 Å². The summed E-state index contributed by atoms with van der Waals surface area (Å²) in [5.41, 5.74) is -0.582. The second-order valence-corrected chi connectivity index (χ2v) is 4.88. The average molecular weight is 324 g/mol. The Morgan fingerprint density at radius 3 is 2.22 bits per heavy atom. The highest BCUT2D eigenvalue weighted by Gasteiger charge is 2.35. The summed E-state index contributed by atoms with van der Waals surface area (Å²) in [7, 11) is 2.89. The van der Waals surface area contributed by atoms with Crippen molar-refractivity contribution in [2.45, 2.75) is 13.1 Å².